The van der Waals surface area contributed by atoms with Gasteiger partial charge in [0.15, 0.2) is 0 Å². The van der Waals surface area contributed by atoms with Crippen molar-refractivity contribution in [3.05, 3.63) is 0 Å². The fraction of sp³-hybridized carbons (Fsp3) is 0.750. The van der Waals surface area contributed by atoms with Crippen molar-refractivity contribution in [3.63, 3.8) is 0 Å². The van der Waals surface area contributed by atoms with Crippen molar-refractivity contribution in [2.75, 3.05) is 25.5 Å². The second-order valence-electron chi connectivity index (χ2n) is 5.01. The van der Waals surface area contributed by atoms with Crippen LogP contribution in [-0.2, 0) is 14.3 Å². The van der Waals surface area contributed by atoms with Gasteiger partial charge in [-0.05, 0) is 20.8 Å². The van der Waals surface area contributed by atoms with Crippen LogP contribution in [0.4, 0.5) is 4.79 Å². The van der Waals surface area contributed by atoms with Gasteiger partial charge in [0.2, 0.25) is 11.8 Å². The summed E-state index contributed by atoms with van der Waals surface area (Å²) in [5.74, 6) is -0.609. The van der Waals surface area contributed by atoms with E-state index in [4.69, 9.17) is 16.3 Å². The third-order valence-electron chi connectivity index (χ3n) is 1.91. The van der Waals surface area contributed by atoms with E-state index in [-0.39, 0.29) is 30.7 Å². The van der Waals surface area contributed by atoms with Crippen LogP contribution < -0.4 is 16.0 Å². The van der Waals surface area contributed by atoms with E-state index in [0.29, 0.717) is 13.1 Å². The summed E-state index contributed by atoms with van der Waals surface area (Å²) in [6.45, 7) is 6.09. The quantitative estimate of drug-likeness (QED) is 0.468. The Morgan fingerprint density at radius 1 is 0.950 bits per heavy atom. The molecule has 0 aromatic rings. The van der Waals surface area contributed by atoms with Gasteiger partial charge < -0.3 is 20.7 Å². The SMILES string of the molecule is CC(C)(C)OC(=O)NCCC(=O)NCCNC(=O)CCl. The molecule has 0 fully saturated rings. The van der Waals surface area contributed by atoms with E-state index >= 15 is 0 Å². The summed E-state index contributed by atoms with van der Waals surface area (Å²) in [6, 6.07) is 0. The molecule has 0 aliphatic carbocycles. The Morgan fingerprint density at radius 2 is 1.50 bits per heavy atom. The minimum Gasteiger partial charge on any atom is -0.444 e. The zero-order valence-corrected chi connectivity index (χ0v) is 12.8. The average Bonchev–Trinajstić information content (AvgIpc) is 2.32. The summed E-state index contributed by atoms with van der Waals surface area (Å²) in [6.07, 6.45) is -0.414. The molecule has 116 valence electrons. The highest BCUT2D eigenvalue weighted by atomic mass is 35.5. The molecule has 0 atom stereocenters. The summed E-state index contributed by atoms with van der Waals surface area (Å²) < 4.78 is 5.02. The van der Waals surface area contributed by atoms with Crippen LogP contribution in [0.3, 0.4) is 0 Å². The summed E-state index contributed by atoms with van der Waals surface area (Å²) in [5.41, 5.74) is -0.563. The topological polar surface area (TPSA) is 96.5 Å². The first-order valence-electron chi connectivity index (χ1n) is 6.31. The maximum Gasteiger partial charge on any atom is 0.407 e. The van der Waals surface area contributed by atoms with Gasteiger partial charge in [0, 0.05) is 26.1 Å². The molecule has 0 saturated carbocycles. The first-order chi connectivity index (χ1) is 9.24. The number of alkyl carbamates (subject to hydrolysis) is 1. The third kappa shape index (κ3) is 11.6. The van der Waals surface area contributed by atoms with Crippen molar-refractivity contribution in [2.45, 2.75) is 32.8 Å². The number of ether oxygens (including phenoxy) is 1. The largest absolute Gasteiger partial charge is 0.444 e. The molecule has 0 rings (SSSR count). The fourth-order valence-corrected chi connectivity index (χ4v) is 1.23. The molecule has 3 amide bonds. The lowest BCUT2D eigenvalue weighted by Gasteiger charge is -2.19. The Kier molecular flexibility index (Phi) is 8.71. The molecule has 0 unspecified atom stereocenters. The molecule has 0 aromatic heterocycles. The van der Waals surface area contributed by atoms with E-state index < -0.39 is 11.7 Å². The number of carbonyl (C=O) groups excluding carboxylic acids is 3. The van der Waals surface area contributed by atoms with Crippen molar-refractivity contribution < 1.29 is 19.1 Å². The van der Waals surface area contributed by atoms with Gasteiger partial charge >= 0.3 is 6.09 Å². The molecule has 3 N–H and O–H groups in total. The highest BCUT2D eigenvalue weighted by molar-refractivity contribution is 6.27. The Balaban J connectivity index is 3.59. The monoisotopic (exact) mass is 307 g/mol. The predicted molar refractivity (Wildman–Crippen MR) is 75.6 cm³/mol. The summed E-state index contributed by atoms with van der Waals surface area (Å²) >= 11 is 5.29. The first kappa shape index (κ1) is 18.5. The van der Waals surface area contributed by atoms with E-state index in [1.54, 1.807) is 20.8 Å². The van der Waals surface area contributed by atoms with Crippen LogP contribution >= 0.6 is 11.6 Å². The van der Waals surface area contributed by atoms with Gasteiger partial charge in [-0.1, -0.05) is 0 Å². The van der Waals surface area contributed by atoms with Gasteiger partial charge in [-0.2, -0.15) is 0 Å². The number of rotatable bonds is 7. The van der Waals surface area contributed by atoms with Crippen LogP contribution in [0.15, 0.2) is 0 Å². The van der Waals surface area contributed by atoms with E-state index in [9.17, 15) is 14.4 Å². The molecule has 0 spiro atoms. The number of carbonyl (C=O) groups is 3. The second-order valence-corrected chi connectivity index (χ2v) is 5.28. The van der Waals surface area contributed by atoms with Crippen molar-refractivity contribution in [1.29, 1.82) is 0 Å². The normalized spacial score (nSPS) is 10.6. The Morgan fingerprint density at radius 3 is 2.00 bits per heavy atom. The first-order valence-corrected chi connectivity index (χ1v) is 6.84. The van der Waals surface area contributed by atoms with E-state index in [0.717, 1.165) is 0 Å². The van der Waals surface area contributed by atoms with Crippen LogP contribution in [0.5, 0.6) is 0 Å². The van der Waals surface area contributed by atoms with Crippen LogP contribution in [0.2, 0.25) is 0 Å². The number of amides is 3. The number of hydrogen-bond donors (Lipinski definition) is 3. The van der Waals surface area contributed by atoms with Crippen LogP contribution in [-0.4, -0.2) is 49.0 Å². The van der Waals surface area contributed by atoms with Gasteiger partial charge in [0.25, 0.3) is 0 Å². The maximum absolute atomic E-state index is 11.4. The Labute approximate surface area is 123 Å². The zero-order chi connectivity index (χ0) is 15.6. The second kappa shape index (κ2) is 9.41. The summed E-state index contributed by atoms with van der Waals surface area (Å²) in [7, 11) is 0. The fourth-order valence-electron chi connectivity index (χ4n) is 1.13. The molecule has 0 saturated heterocycles. The van der Waals surface area contributed by atoms with E-state index in [1.807, 2.05) is 0 Å². The Bertz CT molecular complexity index is 342. The standard InChI is InChI=1S/C12H22ClN3O4/c1-12(2,3)20-11(19)16-5-4-9(17)14-6-7-15-10(18)8-13/h4-8H2,1-3H3,(H,14,17)(H,15,18)(H,16,19). The molecular formula is C12H22ClN3O4. The molecule has 0 radical (unpaired) electrons. The van der Waals surface area contributed by atoms with Gasteiger partial charge in [-0.3, -0.25) is 9.59 Å². The summed E-state index contributed by atoms with van der Waals surface area (Å²) in [4.78, 5) is 33.5. The van der Waals surface area contributed by atoms with E-state index in [2.05, 4.69) is 16.0 Å². The Hall–Kier alpha value is -1.50. The van der Waals surface area contributed by atoms with Crippen molar-refractivity contribution in [1.82, 2.24) is 16.0 Å². The van der Waals surface area contributed by atoms with Crippen LogP contribution in [0.25, 0.3) is 0 Å². The molecule has 0 aliphatic heterocycles. The zero-order valence-electron chi connectivity index (χ0n) is 12.0. The highest BCUT2D eigenvalue weighted by Crippen LogP contribution is 2.06. The van der Waals surface area contributed by atoms with Crippen LogP contribution in [0.1, 0.15) is 27.2 Å². The van der Waals surface area contributed by atoms with Crippen molar-refractivity contribution in [2.24, 2.45) is 0 Å². The maximum atomic E-state index is 11.4. The lowest BCUT2D eigenvalue weighted by molar-refractivity contribution is -0.121. The predicted octanol–water partition coefficient (Wildman–Crippen LogP) is 0.372. The van der Waals surface area contributed by atoms with Gasteiger partial charge in [0.1, 0.15) is 11.5 Å². The molecule has 8 heteroatoms. The highest BCUT2D eigenvalue weighted by Gasteiger charge is 2.15. The number of alkyl halides is 1. The number of halogens is 1. The number of hydrogen-bond acceptors (Lipinski definition) is 4. The minimum absolute atomic E-state index is 0.103. The smallest absolute Gasteiger partial charge is 0.407 e. The lowest BCUT2D eigenvalue weighted by atomic mass is 10.2. The molecule has 7 nitrogen and oxygen atoms in total. The van der Waals surface area contributed by atoms with Crippen LogP contribution in [0, 0.1) is 0 Å². The van der Waals surface area contributed by atoms with Gasteiger partial charge in [-0.25, -0.2) is 4.79 Å². The minimum atomic E-state index is -0.563. The molecule has 0 bridgehead atoms. The molecule has 0 heterocycles. The number of nitrogens with one attached hydrogen (secondary N) is 3. The van der Waals surface area contributed by atoms with Crippen molar-refractivity contribution >= 4 is 29.5 Å². The molecule has 20 heavy (non-hydrogen) atoms. The summed E-state index contributed by atoms with van der Waals surface area (Å²) in [5, 5.41) is 7.59. The molecular weight excluding hydrogens is 286 g/mol. The third-order valence-corrected chi connectivity index (χ3v) is 2.15. The van der Waals surface area contributed by atoms with Gasteiger partial charge in [-0.15, -0.1) is 11.6 Å². The van der Waals surface area contributed by atoms with Gasteiger partial charge in [0.05, 0.1) is 0 Å². The average molecular weight is 308 g/mol. The molecule has 0 aliphatic rings. The lowest BCUT2D eigenvalue weighted by Crippen LogP contribution is -2.37. The van der Waals surface area contributed by atoms with Crippen molar-refractivity contribution in [3.8, 4) is 0 Å². The molecule has 0 aromatic carbocycles. The van der Waals surface area contributed by atoms with E-state index in [1.165, 1.54) is 0 Å².